The Hall–Kier alpha value is -2.82. The zero-order chi connectivity index (χ0) is 13.8. The van der Waals surface area contributed by atoms with Gasteiger partial charge in [-0.1, -0.05) is 30.3 Å². The van der Waals surface area contributed by atoms with Gasteiger partial charge >= 0.3 is 6.09 Å². The first-order valence-electron chi connectivity index (χ1n) is 6.21. The van der Waals surface area contributed by atoms with Crippen LogP contribution in [0, 0.1) is 0 Å². The number of carbonyl (C=O) groups is 1. The molecule has 3 rings (SSSR count). The van der Waals surface area contributed by atoms with Gasteiger partial charge in [0.05, 0.1) is 17.4 Å². The Bertz CT molecular complexity index is 722. The molecule has 5 heteroatoms. The fourth-order valence-corrected chi connectivity index (χ4v) is 1.92. The Morgan fingerprint density at radius 3 is 2.70 bits per heavy atom. The third kappa shape index (κ3) is 2.61. The smallest absolute Gasteiger partial charge is 0.413 e. The number of para-hydroxylation sites is 3. The van der Waals surface area contributed by atoms with Crippen LogP contribution >= 0.6 is 0 Å². The minimum absolute atomic E-state index is 0.124. The molecule has 1 amide bonds. The van der Waals surface area contributed by atoms with Gasteiger partial charge in [-0.2, -0.15) is 0 Å². The van der Waals surface area contributed by atoms with Crippen LogP contribution in [0.15, 0.2) is 60.9 Å². The van der Waals surface area contributed by atoms with Crippen molar-refractivity contribution in [2.45, 2.75) is 6.73 Å². The number of nitrogens with one attached hydrogen (secondary N) is 1. The topological polar surface area (TPSA) is 56.1 Å². The Labute approximate surface area is 115 Å². The summed E-state index contributed by atoms with van der Waals surface area (Å²) in [4.78, 5) is 15.9. The molecule has 20 heavy (non-hydrogen) atoms. The first-order valence-corrected chi connectivity index (χ1v) is 6.21. The maximum Gasteiger partial charge on any atom is 0.413 e. The molecular weight excluding hydrogens is 254 g/mol. The Balaban J connectivity index is 1.63. The molecule has 0 aliphatic carbocycles. The number of amides is 1. The number of hydrogen-bond acceptors (Lipinski definition) is 3. The standard InChI is InChI=1S/C15H13N3O2/c19-15(17-12-6-2-1-3-7-12)20-11-18-10-16-13-8-4-5-9-14(13)18/h1-10H,11H2,(H,17,19). The molecule has 0 saturated heterocycles. The van der Waals surface area contributed by atoms with Crippen molar-refractivity contribution in [3.63, 3.8) is 0 Å². The van der Waals surface area contributed by atoms with E-state index < -0.39 is 6.09 Å². The Kier molecular flexibility index (Phi) is 3.33. The summed E-state index contributed by atoms with van der Waals surface area (Å²) in [7, 11) is 0. The van der Waals surface area contributed by atoms with Crippen LogP contribution in [0.1, 0.15) is 0 Å². The van der Waals surface area contributed by atoms with Gasteiger partial charge in [0, 0.05) is 5.69 Å². The second kappa shape index (κ2) is 5.44. The van der Waals surface area contributed by atoms with E-state index in [-0.39, 0.29) is 6.73 Å². The normalized spacial score (nSPS) is 10.4. The number of fused-ring (bicyclic) bond motifs is 1. The molecule has 1 heterocycles. The lowest BCUT2D eigenvalue weighted by Crippen LogP contribution is -2.15. The lowest BCUT2D eigenvalue weighted by atomic mass is 10.3. The summed E-state index contributed by atoms with van der Waals surface area (Å²) in [6.45, 7) is 0.124. The first-order chi connectivity index (χ1) is 9.83. The summed E-state index contributed by atoms with van der Waals surface area (Å²) in [5, 5.41) is 2.66. The van der Waals surface area contributed by atoms with Gasteiger partial charge in [-0.05, 0) is 24.3 Å². The Morgan fingerprint density at radius 2 is 1.85 bits per heavy atom. The molecule has 0 unspecified atom stereocenters. The predicted octanol–water partition coefficient (Wildman–Crippen LogP) is 3.24. The molecule has 5 nitrogen and oxygen atoms in total. The largest absolute Gasteiger partial charge is 0.427 e. The molecule has 0 fully saturated rings. The van der Waals surface area contributed by atoms with E-state index in [4.69, 9.17) is 4.74 Å². The highest BCUT2D eigenvalue weighted by molar-refractivity contribution is 5.84. The SMILES string of the molecule is O=C(Nc1ccccc1)OCn1cnc2ccccc21. The fourth-order valence-electron chi connectivity index (χ4n) is 1.92. The van der Waals surface area contributed by atoms with Crippen molar-refractivity contribution in [2.24, 2.45) is 0 Å². The second-order valence-electron chi connectivity index (χ2n) is 4.25. The van der Waals surface area contributed by atoms with Crippen LogP contribution < -0.4 is 5.32 Å². The fraction of sp³-hybridized carbons (Fsp3) is 0.0667. The average Bonchev–Trinajstić information content (AvgIpc) is 2.89. The molecule has 2 aromatic carbocycles. The van der Waals surface area contributed by atoms with Crippen molar-refractivity contribution in [2.75, 3.05) is 5.32 Å². The minimum Gasteiger partial charge on any atom is -0.427 e. The summed E-state index contributed by atoms with van der Waals surface area (Å²) < 4.78 is 6.95. The van der Waals surface area contributed by atoms with Crippen molar-refractivity contribution in [3.05, 3.63) is 60.9 Å². The van der Waals surface area contributed by atoms with Crippen molar-refractivity contribution in [1.82, 2.24) is 9.55 Å². The summed E-state index contributed by atoms with van der Waals surface area (Å²) in [6.07, 6.45) is 1.16. The van der Waals surface area contributed by atoms with Crippen molar-refractivity contribution < 1.29 is 9.53 Å². The van der Waals surface area contributed by atoms with Crippen LogP contribution in [0.4, 0.5) is 10.5 Å². The van der Waals surface area contributed by atoms with Crippen LogP contribution in [-0.4, -0.2) is 15.6 Å². The highest BCUT2D eigenvalue weighted by Crippen LogP contribution is 2.12. The number of benzene rings is 2. The number of anilines is 1. The summed E-state index contributed by atoms with van der Waals surface area (Å²) in [5.41, 5.74) is 2.51. The van der Waals surface area contributed by atoms with Crippen molar-refractivity contribution in [1.29, 1.82) is 0 Å². The number of ether oxygens (including phenoxy) is 1. The van der Waals surface area contributed by atoms with Gasteiger partial charge in [0.25, 0.3) is 0 Å². The number of carbonyl (C=O) groups excluding carboxylic acids is 1. The second-order valence-corrected chi connectivity index (χ2v) is 4.25. The molecule has 0 atom stereocenters. The molecule has 0 saturated carbocycles. The van der Waals surface area contributed by atoms with Crippen LogP contribution in [0.2, 0.25) is 0 Å². The zero-order valence-corrected chi connectivity index (χ0v) is 10.7. The number of hydrogen-bond donors (Lipinski definition) is 1. The molecule has 0 radical (unpaired) electrons. The summed E-state index contributed by atoms with van der Waals surface area (Å²) in [6, 6.07) is 16.9. The number of nitrogens with zero attached hydrogens (tertiary/aromatic N) is 2. The summed E-state index contributed by atoms with van der Waals surface area (Å²) >= 11 is 0. The molecule has 100 valence electrons. The Morgan fingerprint density at radius 1 is 1.10 bits per heavy atom. The van der Waals surface area contributed by atoms with Gasteiger partial charge in [-0.3, -0.25) is 9.88 Å². The van der Waals surface area contributed by atoms with E-state index in [2.05, 4.69) is 10.3 Å². The zero-order valence-electron chi connectivity index (χ0n) is 10.7. The van der Waals surface area contributed by atoms with Crippen molar-refractivity contribution >= 4 is 22.8 Å². The third-order valence-corrected chi connectivity index (χ3v) is 2.88. The van der Waals surface area contributed by atoms with Gasteiger partial charge in [-0.25, -0.2) is 9.78 Å². The molecule has 3 aromatic rings. The van der Waals surface area contributed by atoms with Gasteiger partial charge in [0.15, 0.2) is 6.73 Å². The van der Waals surface area contributed by atoms with E-state index in [0.29, 0.717) is 5.69 Å². The number of imidazole rings is 1. The van der Waals surface area contributed by atoms with Crippen LogP contribution in [0.5, 0.6) is 0 Å². The maximum absolute atomic E-state index is 11.7. The highest BCUT2D eigenvalue weighted by atomic mass is 16.6. The van der Waals surface area contributed by atoms with E-state index in [9.17, 15) is 4.79 Å². The molecule has 1 aromatic heterocycles. The average molecular weight is 267 g/mol. The predicted molar refractivity (Wildman–Crippen MR) is 76.3 cm³/mol. The van der Waals surface area contributed by atoms with E-state index in [1.807, 2.05) is 42.5 Å². The third-order valence-electron chi connectivity index (χ3n) is 2.88. The number of aromatic nitrogens is 2. The van der Waals surface area contributed by atoms with Crippen LogP contribution in [-0.2, 0) is 11.5 Å². The number of rotatable bonds is 3. The van der Waals surface area contributed by atoms with E-state index in [1.54, 1.807) is 23.0 Å². The van der Waals surface area contributed by atoms with E-state index in [1.165, 1.54) is 0 Å². The van der Waals surface area contributed by atoms with E-state index >= 15 is 0 Å². The van der Waals surface area contributed by atoms with Crippen LogP contribution in [0.25, 0.3) is 11.0 Å². The molecule has 0 spiro atoms. The van der Waals surface area contributed by atoms with Gasteiger partial charge < -0.3 is 4.74 Å². The van der Waals surface area contributed by atoms with Crippen LogP contribution in [0.3, 0.4) is 0 Å². The molecule has 0 aliphatic rings. The van der Waals surface area contributed by atoms with E-state index in [0.717, 1.165) is 11.0 Å². The monoisotopic (exact) mass is 267 g/mol. The quantitative estimate of drug-likeness (QED) is 0.792. The highest BCUT2D eigenvalue weighted by Gasteiger charge is 2.05. The van der Waals surface area contributed by atoms with Gasteiger partial charge in [-0.15, -0.1) is 0 Å². The molecule has 0 aliphatic heterocycles. The summed E-state index contributed by atoms with van der Waals surface area (Å²) in [5.74, 6) is 0. The van der Waals surface area contributed by atoms with Gasteiger partial charge in [0.1, 0.15) is 0 Å². The molecule has 0 bridgehead atoms. The maximum atomic E-state index is 11.7. The molecule has 1 N–H and O–H groups in total. The lowest BCUT2D eigenvalue weighted by Gasteiger charge is -2.08. The minimum atomic E-state index is -0.492. The molecular formula is C15H13N3O2. The first kappa shape index (κ1) is 12.2. The van der Waals surface area contributed by atoms with Gasteiger partial charge in [0.2, 0.25) is 0 Å². The van der Waals surface area contributed by atoms with Crippen molar-refractivity contribution in [3.8, 4) is 0 Å². The lowest BCUT2D eigenvalue weighted by molar-refractivity contribution is 0.130.